The van der Waals surface area contributed by atoms with E-state index in [1.54, 1.807) is 0 Å². The molecule has 1 aromatic carbocycles. The molecule has 20 heavy (non-hydrogen) atoms. The monoisotopic (exact) mass is 274 g/mol. The number of rotatable bonds is 5. The van der Waals surface area contributed by atoms with Crippen LogP contribution in [-0.2, 0) is 10.2 Å². The fraction of sp³-hybridized carbons (Fsp3) is 0.588. The van der Waals surface area contributed by atoms with Crippen LogP contribution in [0.15, 0.2) is 18.2 Å². The van der Waals surface area contributed by atoms with Crippen LogP contribution in [0.5, 0.6) is 5.75 Å². The second-order valence-electron chi connectivity index (χ2n) is 6.35. The molecule has 0 spiro atoms. The van der Waals surface area contributed by atoms with E-state index in [4.69, 9.17) is 4.74 Å². The number of benzene rings is 1. The smallest absolute Gasteiger partial charge is 0.314 e. The Hall–Kier alpha value is -1.51. The topological polar surface area (TPSA) is 46.5 Å². The van der Waals surface area contributed by atoms with E-state index in [0.717, 1.165) is 49.2 Å². The highest BCUT2D eigenvalue weighted by Gasteiger charge is 2.45. The van der Waals surface area contributed by atoms with E-state index >= 15 is 0 Å². The zero-order chi connectivity index (χ0) is 14.2. The van der Waals surface area contributed by atoms with E-state index in [-0.39, 0.29) is 0 Å². The average molecular weight is 274 g/mol. The molecule has 2 saturated carbocycles. The molecule has 3 rings (SSSR count). The molecule has 1 N–H and O–H groups in total. The molecule has 108 valence electrons. The zero-order valence-corrected chi connectivity index (χ0v) is 12.0. The molecule has 0 atom stereocenters. The van der Waals surface area contributed by atoms with Crippen LogP contribution in [0.3, 0.4) is 0 Å². The molecule has 0 amide bonds. The maximum atomic E-state index is 11.9. The highest BCUT2D eigenvalue weighted by atomic mass is 16.5. The Balaban J connectivity index is 1.96. The van der Waals surface area contributed by atoms with Gasteiger partial charge in [-0.05, 0) is 44.6 Å². The third-order valence-corrected chi connectivity index (χ3v) is 4.69. The van der Waals surface area contributed by atoms with E-state index < -0.39 is 11.4 Å². The first-order valence-corrected chi connectivity index (χ1v) is 7.59. The van der Waals surface area contributed by atoms with Gasteiger partial charge in [-0.2, -0.15) is 0 Å². The number of aliphatic carboxylic acids is 1. The Morgan fingerprint density at radius 2 is 2.05 bits per heavy atom. The number of aryl methyl sites for hydroxylation is 1. The summed E-state index contributed by atoms with van der Waals surface area (Å²) >= 11 is 0. The van der Waals surface area contributed by atoms with Gasteiger partial charge in [0.05, 0.1) is 12.0 Å². The molecule has 2 aliphatic rings. The third-order valence-electron chi connectivity index (χ3n) is 4.69. The van der Waals surface area contributed by atoms with Gasteiger partial charge in [-0.1, -0.05) is 30.5 Å². The molecule has 3 heteroatoms. The molecule has 0 radical (unpaired) electrons. The van der Waals surface area contributed by atoms with Gasteiger partial charge in [0.15, 0.2) is 0 Å². The first-order chi connectivity index (χ1) is 9.62. The van der Waals surface area contributed by atoms with Crippen LogP contribution in [0, 0.1) is 12.8 Å². The fourth-order valence-corrected chi connectivity index (χ4v) is 3.21. The van der Waals surface area contributed by atoms with Crippen molar-refractivity contribution in [3.05, 3.63) is 29.3 Å². The van der Waals surface area contributed by atoms with Crippen LogP contribution in [0.1, 0.15) is 49.7 Å². The summed E-state index contributed by atoms with van der Waals surface area (Å²) in [4.78, 5) is 11.9. The molecule has 1 aromatic rings. The van der Waals surface area contributed by atoms with Crippen LogP contribution < -0.4 is 4.74 Å². The normalized spacial score (nSPS) is 20.9. The van der Waals surface area contributed by atoms with Crippen molar-refractivity contribution in [3.63, 3.8) is 0 Å². The second kappa shape index (κ2) is 5.12. The number of carboxylic acid groups (broad SMARTS) is 1. The summed E-state index contributed by atoms with van der Waals surface area (Å²) in [6, 6.07) is 5.98. The van der Waals surface area contributed by atoms with Gasteiger partial charge in [0.2, 0.25) is 0 Å². The van der Waals surface area contributed by atoms with E-state index in [2.05, 4.69) is 0 Å². The predicted octanol–water partition coefficient (Wildman–Crippen LogP) is 3.68. The largest absolute Gasteiger partial charge is 0.493 e. The number of carbonyl (C=O) groups is 1. The van der Waals surface area contributed by atoms with Gasteiger partial charge in [0.25, 0.3) is 0 Å². The predicted molar refractivity (Wildman–Crippen MR) is 77.2 cm³/mol. The van der Waals surface area contributed by atoms with Crippen molar-refractivity contribution in [3.8, 4) is 5.75 Å². The molecule has 0 aliphatic heterocycles. The van der Waals surface area contributed by atoms with Crippen molar-refractivity contribution in [2.24, 2.45) is 5.92 Å². The summed E-state index contributed by atoms with van der Waals surface area (Å²) < 4.78 is 5.94. The third kappa shape index (κ3) is 2.41. The maximum absolute atomic E-state index is 11.9. The number of carboxylic acids is 1. The molecular weight excluding hydrogens is 252 g/mol. The van der Waals surface area contributed by atoms with Gasteiger partial charge < -0.3 is 9.84 Å². The van der Waals surface area contributed by atoms with Crippen LogP contribution in [0.25, 0.3) is 0 Å². The van der Waals surface area contributed by atoms with Crippen molar-refractivity contribution in [1.29, 1.82) is 0 Å². The number of hydrogen-bond acceptors (Lipinski definition) is 2. The van der Waals surface area contributed by atoms with Crippen molar-refractivity contribution >= 4 is 5.97 Å². The lowest BCUT2D eigenvalue weighted by atomic mass is 9.78. The summed E-state index contributed by atoms with van der Waals surface area (Å²) in [7, 11) is 0. The van der Waals surface area contributed by atoms with Crippen LogP contribution in [0.2, 0.25) is 0 Å². The molecule has 0 bridgehead atoms. The maximum Gasteiger partial charge on any atom is 0.314 e. The molecule has 0 heterocycles. The summed E-state index contributed by atoms with van der Waals surface area (Å²) in [5.74, 6) is 0.761. The molecule has 0 aromatic heterocycles. The Labute approximate surface area is 120 Å². The highest BCUT2D eigenvalue weighted by molar-refractivity contribution is 5.83. The minimum absolute atomic E-state index is 0.675. The van der Waals surface area contributed by atoms with Crippen LogP contribution in [-0.4, -0.2) is 17.7 Å². The Bertz CT molecular complexity index is 511. The average Bonchev–Trinajstić information content (AvgIpc) is 3.11. The second-order valence-corrected chi connectivity index (χ2v) is 6.35. The molecule has 2 aliphatic carbocycles. The van der Waals surface area contributed by atoms with Gasteiger partial charge in [-0.25, -0.2) is 0 Å². The molecular formula is C17H22O3. The van der Waals surface area contributed by atoms with E-state index in [9.17, 15) is 9.90 Å². The SMILES string of the molecule is Cc1ccc(OCC2CC2)c(C2(C(=O)O)CCCC2)c1. The van der Waals surface area contributed by atoms with Crippen LogP contribution in [0.4, 0.5) is 0 Å². The Kier molecular flexibility index (Phi) is 3.45. The summed E-state index contributed by atoms with van der Waals surface area (Å²) in [5.41, 5.74) is 1.26. The van der Waals surface area contributed by atoms with Crippen molar-refractivity contribution in [1.82, 2.24) is 0 Å². The van der Waals surface area contributed by atoms with Crippen molar-refractivity contribution < 1.29 is 14.6 Å². The van der Waals surface area contributed by atoms with Crippen molar-refractivity contribution in [2.45, 2.75) is 50.9 Å². The number of hydrogen-bond donors (Lipinski definition) is 1. The van der Waals surface area contributed by atoms with Gasteiger partial charge >= 0.3 is 5.97 Å². The molecule has 0 saturated heterocycles. The summed E-state index contributed by atoms with van der Waals surface area (Å²) in [5, 5.41) is 9.77. The van der Waals surface area contributed by atoms with E-state index in [0.29, 0.717) is 5.92 Å². The molecule has 2 fully saturated rings. The molecule has 0 unspecified atom stereocenters. The Morgan fingerprint density at radius 1 is 1.35 bits per heavy atom. The first-order valence-electron chi connectivity index (χ1n) is 7.59. The zero-order valence-electron chi connectivity index (χ0n) is 12.0. The van der Waals surface area contributed by atoms with E-state index in [1.807, 2.05) is 25.1 Å². The lowest BCUT2D eigenvalue weighted by Crippen LogP contribution is -2.33. The van der Waals surface area contributed by atoms with Crippen molar-refractivity contribution in [2.75, 3.05) is 6.61 Å². The minimum atomic E-state index is -0.731. The van der Waals surface area contributed by atoms with Gasteiger partial charge in [0, 0.05) is 5.56 Å². The number of ether oxygens (including phenoxy) is 1. The molecule has 3 nitrogen and oxygen atoms in total. The highest BCUT2D eigenvalue weighted by Crippen LogP contribution is 2.45. The first kappa shape index (κ1) is 13.5. The van der Waals surface area contributed by atoms with Gasteiger partial charge in [-0.15, -0.1) is 0 Å². The standard InChI is InChI=1S/C17H22O3/c1-12-4-7-15(20-11-13-5-6-13)14(10-12)17(16(18)19)8-2-3-9-17/h4,7,10,13H,2-3,5-6,8-9,11H2,1H3,(H,18,19). The Morgan fingerprint density at radius 3 is 2.65 bits per heavy atom. The van der Waals surface area contributed by atoms with E-state index in [1.165, 1.54) is 12.8 Å². The summed E-state index contributed by atoms with van der Waals surface area (Å²) in [6.07, 6.45) is 5.91. The minimum Gasteiger partial charge on any atom is -0.493 e. The summed E-state index contributed by atoms with van der Waals surface area (Å²) in [6.45, 7) is 2.74. The fourth-order valence-electron chi connectivity index (χ4n) is 3.21. The quantitative estimate of drug-likeness (QED) is 0.891. The lowest BCUT2D eigenvalue weighted by molar-refractivity contribution is -0.143. The van der Waals surface area contributed by atoms with Gasteiger partial charge in [-0.3, -0.25) is 4.79 Å². The lowest BCUT2D eigenvalue weighted by Gasteiger charge is -2.27. The van der Waals surface area contributed by atoms with Crippen LogP contribution >= 0.6 is 0 Å². The van der Waals surface area contributed by atoms with Gasteiger partial charge in [0.1, 0.15) is 5.75 Å².